The van der Waals surface area contributed by atoms with Gasteiger partial charge in [0.15, 0.2) is 0 Å². The molecule has 0 radical (unpaired) electrons. The lowest BCUT2D eigenvalue weighted by molar-refractivity contribution is -0.139. The summed E-state index contributed by atoms with van der Waals surface area (Å²) in [4.78, 5) is 21.7. The van der Waals surface area contributed by atoms with E-state index in [0.29, 0.717) is 17.5 Å². The third kappa shape index (κ3) is 3.90. The highest BCUT2D eigenvalue weighted by atomic mass is 16.4. The van der Waals surface area contributed by atoms with Crippen LogP contribution in [0.5, 0.6) is 0 Å². The van der Waals surface area contributed by atoms with Crippen molar-refractivity contribution in [2.24, 2.45) is 0 Å². The minimum Gasteiger partial charge on any atom is -0.481 e. The van der Waals surface area contributed by atoms with Crippen LogP contribution in [0.2, 0.25) is 0 Å². The molecule has 0 amide bonds. The van der Waals surface area contributed by atoms with Gasteiger partial charge >= 0.3 is 11.9 Å². The Morgan fingerprint density at radius 2 is 2.00 bits per heavy atom. The molecule has 1 unspecified atom stereocenters. The van der Waals surface area contributed by atoms with Crippen molar-refractivity contribution in [3.05, 3.63) is 35.4 Å². The van der Waals surface area contributed by atoms with Gasteiger partial charge in [0.25, 0.3) is 0 Å². The van der Waals surface area contributed by atoms with Crippen LogP contribution in [-0.2, 0) is 16.0 Å². The summed E-state index contributed by atoms with van der Waals surface area (Å²) >= 11 is 0. The zero-order chi connectivity index (χ0) is 12.8. The maximum atomic E-state index is 11.1. The highest BCUT2D eigenvalue weighted by molar-refractivity contribution is 5.76. The van der Waals surface area contributed by atoms with Crippen molar-refractivity contribution in [1.29, 1.82) is 0 Å². The zero-order valence-electron chi connectivity index (χ0n) is 9.72. The Kier molecular flexibility index (Phi) is 4.69. The van der Waals surface area contributed by atoms with Crippen LogP contribution in [0.3, 0.4) is 0 Å². The van der Waals surface area contributed by atoms with Gasteiger partial charge in [0.1, 0.15) is 0 Å². The molecular weight excluding hydrogens is 220 g/mol. The first-order valence-corrected chi connectivity index (χ1v) is 5.58. The van der Waals surface area contributed by atoms with E-state index in [1.165, 1.54) is 0 Å². The average molecular weight is 236 g/mol. The molecule has 1 rings (SSSR count). The van der Waals surface area contributed by atoms with Crippen LogP contribution < -0.4 is 0 Å². The Hall–Kier alpha value is -1.84. The molecule has 0 aliphatic heterocycles. The van der Waals surface area contributed by atoms with E-state index in [9.17, 15) is 9.59 Å². The molecule has 0 aliphatic rings. The van der Waals surface area contributed by atoms with Gasteiger partial charge < -0.3 is 10.2 Å². The fraction of sp³-hybridized carbons (Fsp3) is 0.385. The molecule has 2 N–H and O–H groups in total. The SMILES string of the molecule is CCCC(C(=O)O)c1cccc(CC(=O)O)c1. The Bertz CT molecular complexity index is 412. The van der Waals surface area contributed by atoms with Crippen LogP contribution in [0.15, 0.2) is 24.3 Å². The maximum absolute atomic E-state index is 11.1. The number of aliphatic carboxylic acids is 2. The van der Waals surface area contributed by atoms with E-state index in [1.54, 1.807) is 24.3 Å². The minimum atomic E-state index is -0.912. The van der Waals surface area contributed by atoms with E-state index in [2.05, 4.69) is 0 Å². The Balaban J connectivity index is 2.95. The van der Waals surface area contributed by atoms with Gasteiger partial charge in [0.2, 0.25) is 0 Å². The van der Waals surface area contributed by atoms with Gasteiger partial charge in [-0.2, -0.15) is 0 Å². The minimum absolute atomic E-state index is 0.0771. The highest BCUT2D eigenvalue weighted by Crippen LogP contribution is 2.22. The highest BCUT2D eigenvalue weighted by Gasteiger charge is 2.18. The molecule has 1 atom stereocenters. The number of rotatable bonds is 6. The van der Waals surface area contributed by atoms with E-state index in [-0.39, 0.29) is 6.42 Å². The monoisotopic (exact) mass is 236 g/mol. The molecule has 92 valence electrons. The summed E-state index contributed by atoms with van der Waals surface area (Å²) in [6.45, 7) is 1.93. The van der Waals surface area contributed by atoms with Gasteiger partial charge in [0, 0.05) is 0 Å². The number of hydrogen-bond acceptors (Lipinski definition) is 2. The average Bonchev–Trinajstić information content (AvgIpc) is 2.24. The Morgan fingerprint density at radius 3 is 2.53 bits per heavy atom. The van der Waals surface area contributed by atoms with Gasteiger partial charge in [0.05, 0.1) is 12.3 Å². The summed E-state index contributed by atoms with van der Waals surface area (Å²) < 4.78 is 0. The van der Waals surface area contributed by atoms with Crippen LogP contribution in [0, 0.1) is 0 Å². The van der Waals surface area contributed by atoms with Crippen molar-refractivity contribution in [3.8, 4) is 0 Å². The molecule has 0 spiro atoms. The van der Waals surface area contributed by atoms with Crippen LogP contribution >= 0.6 is 0 Å². The van der Waals surface area contributed by atoms with Gasteiger partial charge in [-0.25, -0.2) is 0 Å². The maximum Gasteiger partial charge on any atom is 0.310 e. The molecule has 0 aromatic heterocycles. The van der Waals surface area contributed by atoms with E-state index < -0.39 is 17.9 Å². The third-order valence-corrected chi connectivity index (χ3v) is 2.58. The van der Waals surface area contributed by atoms with E-state index >= 15 is 0 Å². The van der Waals surface area contributed by atoms with E-state index in [4.69, 9.17) is 10.2 Å². The van der Waals surface area contributed by atoms with Crippen LogP contribution in [0.1, 0.15) is 36.8 Å². The fourth-order valence-corrected chi connectivity index (χ4v) is 1.82. The number of benzene rings is 1. The van der Waals surface area contributed by atoms with Crippen molar-refractivity contribution < 1.29 is 19.8 Å². The molecule has 0 aliphatic carbocycles. The topological polar surface area (TPSA) is 74.6 Å². The standard InChI is InChI=1S/C13H16O4/c1-2-4-11(13(16)17)10-6-3-5-9(7-10)8-12(14)15/h3,5-7,11H,2,4,8H2,1H3,(H,14,15)(H,16,17). The van der Waals surface area contributed by atoms with Gasteiger partial charge in [-0.15, -0.1) is 0 Å². The fourth-order valence-electron chi connectivity index (χ4n) is 1.82. The Morgan fingerprint density at radius 1 is 1.29 bits per heavy atom. The zero-order valence-corrected chi connectivity index (χ0v) is 9.72. The normalized spacial score (nSPS) is 12.1. The molecule has 17 heavy (non-hydrogen) atoms. The molecule has 0 saturated carbocycles. The van der Waals surface area contributed by atoms with Crippen molar-refractivity contribution in [3.63, 3.8) is 0 Å². The predicted octanol–water partition coefficient (Wildman–Crippen LogP) is 2.28. The van der Waals surface area contributed by atoms with E-state index in [1.807, 2.05) is 6.92 Å². The largest absolute Gasteiger partial charge is 0.481 e. The summed E-state index contributed by atoms with van der Waals surface area (Å²) in [6, 6.07) is 6.81. The number of hydrogen-bond donors (Lipinski definition) is 2. The molecule has 0 heterocycles. The lowest BCUT2D eigenvalue weighted by Gasteiger charge is -2.12. The lowest BCUT2D eigenvalue weighted by Crippen LogP contribution is -2.12. The van der Waals surface area contributed by atoms with Crippen molar-refractivity contribution in [2.75, 3.05) is 0 Å². The first-order valence-electron chi connectivity index (χ1n) is 5.58. The van der Waals surface area contributed by atoms with Crippen molar-refractivity contribution in [1.82, 2.24) is 0 Å². The molecule has 4 nitrogen and oxygen atoms in total. The first kappa shape index (κ1) is 13.2. The summed E-state index contributed by atoms with van der Waals surface area (Å²) in [7, 11) is 0. The molecule has 1 aromatic rings. The van der Waals surface area contributed by atoms with Gasteiger partial charge in [-0.1, -0.05) is 37.6 Å². The molecule has 0 bridgehead atoms. The second kappa shape index (κ2) is 6.03. The number of carbonyl (C=O) groups is 2. The smallest absolute Gasteiger partial charge is 0.310 e. The summed E-state index contributed by atoms with van der Waals surface area (Å²) in [6.07, 6.45) is 1.26. The lowest BCUT2D eigenvalue weighted by atomic mass is 9.93. The second-order valence-electron chi connectivity index (χ2n) is 4.00. The van der Waals surface area contributed by atoms with E-state index in [0.717, 1.165) is 6.42 Å². The first-order chi connectivity index (χ1) is 8.04. The number of carboxylic acids is 2. The van der Waals surface area contributed by atoms with Crippen molar-refractivity contribution >= 4 is 11.9 Å². The summed E-state index contributed by atoms with van der Waals surface area (Å²) in [5, 5.41) is 17.8. The van der Waals surface area contributed by atoms with Crippen LogP contribution in [-0.4, -0.2) is 22.2 Å². The molecule has 0 fully saturated rings. The molecule has 0 saturated heterocycles. The summed E-state index contributed by atoms with van der Waals surface area (Å²) in [5.41, 5.74) is 1.32. The van der Waals surface area contributed by atoms with Gasteiger partial charge in [-0.05, 0) is 17.5 Å². The van der Waals surface area contributed by atoms with Crippen LogP contribution in [0.25, 0.3) is 0 Å². The molecule has 1 aromatic carbocycles. The van der Waals surface area contributed by atoms with Crippen molar-refractivity contribution in [2.45, 2.75) is 32.1 Å². The predicted molar refractivity (Wildman–Crippen MR) is 63.1 cm³/mol. The molecular formula is C13H16O4. The Labute approximate surface area is 99.9 Å². The quantitative estimate of drug-likeness (QED) is 0.794. The van der Waals surface area contributed by atoms with Gasteiger partial charge in [-0.3, -0.25) is 9.59 Å². The number of carboxylic acid groups (broad SMARTS) is 2. The third-order valence-electron chi connectivity index (χ3n) is 2.58. The second-order valence-corrected chi connectivity index (χ2v) is 4.00. The molecule has 4 heteroatoms. The summed E-state index contributed by atoms with van der Waals surface area (Å²) in [5.74, 6) is -2.32. The van der Waals surface area contributed by atoms with Crippen LogP contribution in [0.4, 0.5) is 0 Å².